The molecule has 6 aromatic rings. The van der Waals surface area contributed by atoms with Crippen LogP contribution >= 0.6 is 22.7 Å². The number of rotatable bonds is 6. The molecule has 0 aliphatic rings. The molecular formula is C26H18N6OS2. The zero-order valence-corrected chi connectivity index (χ0v) is 20.0. The fourth-order valence-electron chi connectivity index (χ4n) is 3.74. The first-order chi connectivity index (χ1) is 17.2. The topological polar surface area (TPSA) is 85.6 Å². The van der Waals surface area contributed by atoms with Crippen LogP contribution < -0.4 is 5.32 Å². The molecule has 0 spiro atoms. The number of hydrogen-bond acceptors (Lipinski definition) is 7. The molecule has 1 amide bonds. The predicted octanol–water partition coefficient (Wildman–Crippen LogP) is 5.98. The number of amides is 1. The highest BCUT2D eigenvalue weighted by atomic mass is 32.1. The molecule has 3 aromatic carbocycles. The van der Waals surface area contributed by atoms with E-state index in [-0.39, 0.29) is 12.5 Å². The van der Waals surface area contributed by atoms with Crippen LogP contribution in [0.25, 0.3) is 42.6 Å². The quantitative estimate of drug-likeness (QED) is 0.308. The van der Waals surface area contributed by atoms with E-state index >= 15 is 0 Å². The lowest BCUT2D eigenvalue weighted by Gasteiger charge is -2.07. The smallest absolute Gasteiger partial charge is 0.246 e. The molecule has 7 nitrogen and oxygen atoms in total. The van der Waals surface area contributed by atoms with Crippen molar-refractivity contribution in [1.82, 2.24) is 25.0 Å². The SMILES string of the molecule is O=C(Cn1cc(-c2ccccc2)nn1)Nc1ccc(-c2ccc3nc(-c4nccs4)sc3c2)cc1. The molecule has 0 atom stereocenters. The first kappa shape index (κ1) is 21.3. The third-order valence-electron chi connectivity index (χ3n) is 5.42. The van der Waals surface area contributed by atoms with Gasteiger partial charge in [-0.15, -0.1) is 27.8 Å². The maximum Gasteiger partial charge on any atom is 0.246 e. The van der Waals surface area contributed by atoms with E-state index in [0.717, 1.165) is 48.3 Å². The van der Waals surface area contributed by atoms with Crippen molar-refractivity contribution in [3.05, 3.63) is 90.6 Å². The number of hydrogen-bond donors (Lipinski definition) is 1. The van der Waals surface area contributed by atoms with Gasteiger partial charge in [0.25, 0.3) is 0 Å². The van der Waals surface area contributed by atoms with Crippen molar-refractivity contribution >= 4 is 44.5 Å². The van der Waals surface area contributed by atoms with E-state index in [1.807, 2.05) is 66.0 Å². The van der Waals surface area contributed by atoms with Crippen LogP contribution in [0.4, 0.5) is 5.69 Å². The van der Waals surface area contributed by atoms with E-state index in [2.05, 4.69) is 32.7 Å². The molecule has 0 saturated heterocycles. The molecule has 3 heterocycles. The number of fused-ring (bicyclic) bond motifs is 1. The largest absolute Gasteiger partial charge is 0.324 e. The lowest BCUT2D eigenvalue weighted by atomic mass is 10.1. The number of nitrogens with one attached hydrogen (secondary N) is 1. The minimum Gasteiger partial charge on any atom is -0.324 e. The summed E-state index contributed by atoms with van der Waals surface area (Å²) in [5.41, 5.74) is 5.56. The van der Waals surface area contributed by atoms with Gasteiger partial charge in [0.2, 0.25) is 5.91 Å². The zero-order chi connectivity index (χ0) is 23.6. The molecule has 0 bridgehead atoms. The Labute approximate surface area is 208 Å². The summed E-state index contributed by atoms with van der Waals surface area (Å²) in [4.78, 5) is 21.6. The molecule has 9 heteroatoms. The summed E-state index contributed by atoms with van der Waals surface area (Å²) in [6.45, 7) is 0.0884. The molecule has 0 saturated carbocycles. The van der Waals surface area contributed by atoms with Crippen LogP contribution in [0.2, 0.25) is 0 Å². The van der Waals surface area contributed by atoms with Crippen molar-refractivity contribution in [1.29, 1.82) is 0 Å². The minimum absolute atomic E-state index is 0.0884. The molecule has 0 aliphatic carbocycles. The Morgan fingerprint density at radius 3 is 2.54 bits per heavy atom. The lowest BCUT2D eigenvalue weighted by molar-refractivity contribution is -0.116. The number of aromatic nitrogens is 5. The van der Waals surface area contributed by atoms with E-state index in [9.17, 15) is 4.79 Å². The Kier molecular flexibility index (Phi) is 5.61. The van der Waals surface area contributed by atoms with Gasteiger partial charge < -0.3 is 5.32 Å². The molecule has 3 aromatic heterocycles. The molecular weight excluding hydrogens is 476 g/mol. The van der Waals surface area contributed by atoms with Crippen LogP contribution in [0.3, 0.4) is 0 Å². The van der Waals surface area contributed by atoms with E-state index in [1.165, 1.54) is 4.68 Å². The number of carbonyl (C=O) groups excluding carboxylic acids is 1. The normalized spacial score (nSPS) is 11.1. The number of carbonyl (C=O) groups is 1. The van der Waals surface area contributed by atoms with Crippen LogP contribution in [0, 0.1) is 0 Å². The monoisotopic (exact) mass is 494 g/mol. The second kappa shape index (κ2) is 9.21. The summed E-state index contributed by atoms with van der Waals surface area (Å²) < 4.78 is 2.66. The third kappa shape index (κ3) is 4.59. The van der Waals surface area contributed by atoms with Gasteiger partial charge in [-0.05, 0) is 35.4 Å². The third-order valence-corrected chi connectivity index (χ3v) is 7.35. The van der Waals surface area contributed by atoms with Crippen LogP contribution in [-0.2, 0) is 11.3 Å². The average Bonchev–Trinajstić information content (AvgIpc) is 3.65. The first-order valence-corrected chi connectivity index (χ1v) is 12.6. The van der Waals surface area contributed by atoms with Crippen molar-refractivity contribution in [2.24, 2.45) is 0 Å². The minimum atomic E-state index is -0.164. The predicted molar refractivity (Wildman–Crippen MR) is 140 cm³/mol. The van der Waals surface area contributed by atoms with Gasteiger partial charge in [-0.1, -0.05) is 53.7 Å². The first-order valence-electron chi connectivity index (χ1n) is 10.9. The van der Waals surface area contributed by atoms with Gasteiger partial charge in [-0.3, -0.25) is 4.79 Å². The van der Waals surface area contributed by atoms with E-state index in [4.69, 9.17) is 4.98 Å². The van der Waals surface area contributed by atoms with Gasteiger partial charge in [0.15, 0.2) is 10.0 Å². The van der Waals surface area contributed by atoms with Gasteiger partial charge in [0.05, 0.1) is 16.4 Å². The van der Waals surface area contributed by atoms with E-state index in [1.54, 1.807) is 35.1 Å². The van der Waals surface area contributed by atoms with Gasteiger partial charge in [0.1, 0.15) is 12.2 Å². The fraction of sp³-hybridized carbons (Fsp3) is 0.0385. The summed E-state index contributed by atoms with van der Waals surface area (Å²) in [6, 6.07) is 23.8. The fourth-order valence-corrected chi connectivity index (χ4v) is 5.42. The summed E-state index contributed by atoms with van der Waals surface area (Å²) in [7, 11) is 0. The molecule has 6 rings (SSSR count). The van der Waals surface area contributed by atoms with Crippen molar-refractivity contribution in [2.75, 3.05) is 5.32 Å². The average molecular weight is 495 g/mol. The Bertz CT molecular complexity index is 1610. The van der Waals surface area contributed by atoms with Crippen molar-refractivity contribution in [3.63, 3.8) is 0 Å². The van der Waals surface area contributed by atoms with Gasteiger partial charge >= 0.3 is 0 Å². The van der Waals surface area contributed by atoms with Crippen LogP contribution in [0.15, 0.2) is 90.6 Å². The number of benzene rings is 3. The highest BCUT2D eigenvalue weighted by Crippen LogP contribution is 2.34. The van der Waals surface area contributed by atoms with Gasteiger partial charge in [-0.2, -0.15) is 0 Å². The molecule has 1 N–H and O–H groups in total. The molecule has 0 radical (unpaired) electrons. The summed E-state index contributed by atoms with van der Waals surface area (Å²) in [5, 5.41) is 15.0. The second-order valence-corrected chi connectivity index (χ2v) is 9.76. The van der Waals surface area contributed by atoms with Gasteiger partial charge in [-0.25, -0.2) is 14.6 Å². The standard InChI is InChI=1S/C26H18N6OS2/c33-24(16-32-15-22(30-31-32)18-4-2-1-3-5-18)28-20-9-6-17(7-10-20)19-8-11-21-23(14-19)35-26(29-21)25-27-12-13-34-25/h1-15H,16H2,(H,28,33). The van der Waals surface area contributed by atoms with E-state index < -0.39 is 0 Å². The Morgan fingerprint density at radius 1 is 0.914 bits per heavy atom. The second-order valence-electron chi connectivity index (χ2n) is 7.83. The maximum atomic E-state index is 12.5. The maximum absolute atomic E-state index is 12.5. The van der Waals surface area contributed by atoms with Crippen LogP contribution in [-0.4, -0.2) is 30.9 Å². The van der Waals surface area contributed by atoms with Crippen molar-refractivity contribution < 1.29 is 4.79 Å². The summed E-state index contributed by atoms with van der Waals surface area (Å²) >= 11 is 3.24. The molecule has 0 fully saturated rings. The Morgan fingerprint density at radius 2 is 1.74 bits per heavy atom. The number of anilines is 1. The molecule has 35 heavy (non-hydrogen) atoms. The molecule has 0 aliphatic heterocycles. The zero-order valence-electron chi connectivity index (χ0n) is 18.3. The summed E-state index contributed by atoms with van der Waals surface area (Å²) in [5.74, 6) is -0.164. The summed E-state index contributed by atoms with van der Waals surface area (Å²) in [6.07, 6.45) is 3.57. The number of nitrogens with zero attached hydrogens (tertiary/aromatic N) is 5. The lowest BCUT2D eigenvalue weighted by Crippen LogP contribution is -2.19. The highest BCUT2D eigenvalue weighted by molar-refractivity contribution is 7.25. The Balaban J connectivity index is 1.13. The highest BCUT2D eigenvalue weighted by Gasteiger charge is 2.11. The Hall–Kier alpha value is -4.21. The van der Waals surface area contributed by atoms with Crippen LogP contribution in [0.5, 0.6) is 0 Å². The van der Waals surface area contributed by atoms with Gasteiger partial charge in [0, 0.05) is 22.8 Å². The molecule has 0 unspecified atom stereocenters. The van der Waals surface area contributed by atoms with Crippen molar-refractivity contribution in [2.45, 2.75) is 6.54 Å². The van der Waals surface area contributed by atoms with Crippen molar-refractivity contribution in [3.8, 4) is 32.4 Å². The van der Waals surface area contributed by atoms with Crippen LogP contribution in [0.1, 0.15) is 0 Å². The van der Waals surface area contributed by atoms with E-state index in [0.29, 0.717) is 0 Å². The molecule has 170 valence electrons. The number of thiazole rings is 2.